The summed E-state index contributed by atoms with van der Waals surface area (Å²) in [5, 5.41) is 2.86. The van der Waals surface area contributed by atoms with Gasteiger partial charge in [0.05, 0.1) is 4.90 Å². The number of nitrogens with zero attached hydrogens (tertiary/aromatic N) is 1. The fraction of sp³-hybridized carbons (Fsp3) is 0.381. The van der Waals surface area contributed by atoms with Crippen molar-refractivity contribution < 1.29 is 13.2 Å². The monoisotopic (exact) mass is 386 g/mol. The molecule has 0 aliphatic carbocycles. The molecule has 0 radical (unpaired) electrons. The number of nitrogens with one attached hydrogen (secondary N) is 1. The molecule has 0 atom stereocenters. The van der Waals surface area contributed by atoms with E-state index in [4.69, 9.17) is 0 Å². The van der Waals surface area contributed by atoms with Crippen molar-refractivity contribution in [2.45, 2.75) is 38.5 Å². The van der Waals surface area contributed by atoms with Crippen LogP contribution in [0.1, 0.15) is 41.3 Å². The number of hydrogen-bond acceptors (Lipinski definition) is 3. The number of anilines is 1. The minimum absolute atomic E-state index is 0.178. The highest BCUT2D eigenvalue weighted by Crippen LogP contribution is 2.25. The van der Waals surface area contributed by atoms with Crippen LogP contribution < -0.4 is 5.32 Å². The Balaban J connectivity index is 1.86. The van der Waals surface area contributed by atoms with Crippen molar-refractivity contribution >= 4 is 21.6 Å². The first-order valence-corrected chi connectivity index (χ1v) is 10.7. The molecule has 2 aromatic rings. The van der Waals surface area contributed by atoms with Gasteiger partial charge in [-0.1, -0.05) is 25.1 Å². The van der Waals surface area contributed by atoms with Crippen molar-refractivity contribution in [3.8, 4) is 0 Å². The highest BCUT2D eigenvalue weighted by molar-refractivity contribution is 7.89. The van der Waals surface area contributed by atoms with Gasteiger partial charge < -0.3 is 5.32 Å². The third kappa shape index (κ3) is 4.39. The zero-order valence-electron chi connectivity index (χ0n) is 16.0. The molecule has 1 N–H and O–H groups in total. The van der Waals surface area contributed by atoms with Crippen molar-refractivity contribution in [1.29, 1.82) is 0 Å². The molecule has 0 spiro atoms. The predicted molar refractivity (Wildman–Crippen MR) is 107 cm³/mol. The number of aryl methyl sites for hydroxylation is 2. The van der Waals surface area contributed by atoms with E-state index < -0.39 is 10.0 Å². The number of amides is 1. The first-order chi connectivity index (χ1) is 12.8. The van der Waals surface area contributed by atoms with E-state index in [0.717, 1.165) is 24.0 Å². The third-order valence-electron chi connectivity index (χ3n) is 5.11. The number of rotatable bonds is 4. The molecule has 1 amide bonds. The Morgan fingerprint density at radius 3 is 2.44 bits per heavy atom. The van der Waals surface area contributed by atoms with E-state index in [9.17, 15) is 13.2 Å². The molecule has 0 unspecified atom stereocenters. The maximum Gasteiger partial charge on any atom is 0.255 e. The van der Waals surface area contributed by atoms with Gasteiger partial charge in [0.25, 0.3) is 5.91 Å². The summed E-state index contributed by atoms with van der Waals surface area (Å²) in [6, 6.07) is 12.3. The van der Waals surface area contributed by atoms with E-state index in [0.29, 0.717) is 30.3 Å². The molecular weight excluding hydrogens is 360 g/mol. The summed E-state index contributed by atoms with van der Waals surface area (Å²) in [6.45, 7) is 6.96. The van der Waals surface area contributed by atoms with Crippen LogP contribution in [-0.2, 0) is 10.0 Å². The van der Waals surface area contributed by atoms with Gasteiger partial charge in [-0.25, -0.2) is 8.42 Å². The minimum Gasteiger partial charge on any atom is -0.322 e. The molecule has 1 aliphatic rings. The summed E-state index contributed by atoms with van der Waals surface area (Å²) < 4.78 is 27.5. The van der Waals surface area contributed by atoms with Crippen molar-refractivity contribution in [3.05, 3.63) is 59.2 Å². The average molecular weight is 387 g/mol. The number of benzene rings is 2. The maximum absolute atomic E-state index is 13.0. The second kappa shape index (κ2) is 7.82. The summed E-state index contributed by atoms with van der Waals surface area (Å²) in [4.78, 5) is 12.9. The van der Waals surface area contributed by atoms with Gasteiger partial charge in [0.1, 0.15) is 0 Å². The van der Waals surface area contributed by atoms with Gasteiger partial charge in [-0.05, 0) is 68.0 Å². The smallest absolute Gasteiger partial charge is 0.255 e. The number of piperidine rings is 1. The van der Waals surface area contributed by atoms with Gasteiger partial charge >= 0.3 is 0 Å². The van der Waals surface area contributed by atoms with E-state index in [-0.39, 0.29) is 10.8 Å². The quantitative estimate of drug-likeness (QED) is 0.864. The average Bonchev–Trinajstić information content (AvgIpc) is 2.62. The molecule has 1 heterocycles. The van der Waals surface area contributed by atoms with Crippen LogP contribution in [0.5, 0.6) is 0 Å². The molecule has 1 aliphatic heterocycles. The molecule has 6 heteroatoms. The van der Waals surface area contributed by atoms with Crippen molar-refractivity contribution in [1.82, 2.24) is 4.31 Å². The van der Waals surface area contributed by atoms with E-state index in [1.807, 2.05) is 38.1 Å². The number of carbonyl (C=O) groups excluding carboxylic acids is 1. The normalized spacial score (nSPS) is 16.3. The molecule has 0 saturated carbocycles. The Morgan fingerprint density at radius 2 is 1.78 bits per heavy atom. The van der Waals surface area contributed by atoms with E-state index in [1.54, 1.807) is 12.1 Å². The van der Waals surface area contributed by atoms with Crippen LogP contribution in [0.2, 0.25) is 0 Å². The van der Waals surface area contributed by atoms with Gasteiger partial charge in [0.2, 0.25) is 10.0 Å². The zero-order chi connectivity index (χ0) is 19.6. The van der Waals surface area contributed by atoms with E-state index in [2.05, 4.69) is 12.2 Å². The lowest BCUT2D eigenvalue weighted by atomic mass is 10.0. The molecule has 0 bridgehead atoms. The number of sulfonamides is 1. The van der Waals surface area contributed by atoms with Gasteiger partial charge in [-0.3, -0.25) is 4.79 Å². The summed E-state index contributed by atoms with van der Waals surface area (Å²) >= 11 is 0. The van der Waals surface area contributed by atoms with Gasteiger partial charge in [-0.2, -0.15) is 4.31 Å². The lowest BCUT2D eigenvalue weighted by molar-refractivity contribution is 0.102. The Kier molecular flexibility index (Phi) is 5.67. The van der Waals surface area contributed by atoms with Gasteiger partial charge in [0.15, 0.2) is 0 Å². The zero-order valence-corrected chi connectivity index (χ0v) is 16.8. The predicted octanol–water partition coefficient (Wildman–Crippen LogP) is 3.98. The van der Waals surface area contributed by atoms with Crippen LogP contribution in [0.15, 0.2) is 47.4 Å². The highest BCUT2D eigenvalue weighted by Gasteiger charge is 2.28. The first-order valence-electron chi connectivity index (χ1n) is 9.26. The number of carbonyl (C=O) groups is 1. The summed E-state index contributed by atoms with van der Waals surface area (Å²) in [5.74, 6) is 0.243. The van der Waals surface area contributed by atoms with Crippen LogP contribution in [0.25, 0.3) is 0 Å². The molecule has 1 fully saturated rings. The fourth-order valence-corrected chi connectivity index (χ4v) is 4.80. The SMILES string of the molecule is Cc1cccc(NC(=O)c2cc(S(=O)(=O)N3CCC(C)CC3)ccc2C)c1. The largest absolute Gasteiger partial charge is 0.322 e. The first kappa shape index (κ1) is 19.6. The Morgan fingerprint density at radius 1 is 1.07 bits per heavy atom. The van der Waals surface area contributed by atoms with Crippen LogP contribution in [0.4, 0.5) is 5.69 Å². The third-order valence-corrected chi connectivity index (χ3v) is 7.00. The van der Waals surface area contributed by atoms with Crippen molar-refractivity contribution in [2.24, 2.45) is 5.92 Å². The molecule has 5 nitrogen and oxygen atoms in total. The Labute approximate surface area is 161 Å². The lowest BCUT2D eigenvalue weighted by Gasteiger charge is -2.29. The van der Waals surface area contributed by atoms with E-state index in [1.165, 1.54) is 10.4 Å². The van der Waals surface area contributed by atoms with E-state index >= 15 is 0 Å². The standard InChI is InChI=1S/C21H26N2O3S/c1-15-9-11-23(12-10-15)27(25,26)19-8-7-17(3)20(14-19)21(24)22-18-6-4-5-16(2)13-18/h4-8,13-15H,9-12H2,1-3H3,(H,22,24). The molecule has 2 aromatic carbocycles. The molecular formula is C21H26N2O3S. The second-order valence-corrected chi connectivity index (χ2v) is 9.32. The Bertz CT molecular complexity index is 946. The van der Waals surface area contributed by atoms with Crippen molar-refractivity contribution in [2.75, 3.05) is 18.4 Å². The molecule has 0 aromatic heterocycles. The summed E-state index contributed by atoms with van der Waals surface area (Å²) in [7, 11) is -3.58. The van der Waals surface area contributed by atoms with Crippen LogP contribution in [0, 0.1) is 19.8 Å². The summed E-state index contributed by atoms with van der Waals surface area (Å²) in [5.41, 5.74) is 2.85. The minimum atomic E-state index is -3.58. The van der Waals surface area contributed by atoms with Crippen LogP contribution >= 0.6 is 0 Å². The van der Waals surface area contributed by atoms with Gasteiger partial charge in [-0.15, -0.1) is 0 Å². The maximum atomic E-state index is 13.0. The molecule has 27 heavy (non-hydrogen) atoms. The second-order valence-electron chi connectivity index (χ2n) is 7.39. The van der Waals surface area contributed by atoms with Crippen LogP contribution in [0.3, 0.4) is 0 Å². The lowest BCUT2D eigenvalue weighted by Crippen LogP contribution is -2.38. The highest BCUT2D eigenvalue weighted by atomic mass is 32.2. The molecule has 1 saturated heterocycles. The number of hydrogen-bond donors (Lipinski definition) is 1. The molecule has 144 valence electrons. The van der Waals surface area contributed by atoms with Crippen LogP contribution in [-0.4, -0.2) is 31.7 Å². The topological polar surface area (TPSA) is 66.5 Å². The summed E-state index contributed by atoms with van der Waals surface area (Å²) in [6.07, 6.45) is 1.73. The Hall–Kier alpha value is -2.18. The molecule has 3 rings (SSSR count). The van der Waals surface area contributed by atoms with Crippen molar-refractivity contribution in [3.63, 3.8) is 0 Å². The van der Waals surface area contributed by atoms with Gasteiger partial charge in [0, 0.05) is 24.3 Å². The fourth-order valence-electron chi connectivity index (χ4n) is 3.30.